The quantitative estimate of drug-likeness (QED) is 0.803. The number of carbonyl (C=O) groups is 1. The first-order chi connectivity index (χ1) is 8.97. The van der Waals surface area contributed by atoms with E-state index < -0.39 is 0 Å². The van der Waals surface area contributed by atoms with Crippen molar-refractivity contribution in [2.75, 3.05) is 19.7 Å². The summed E-state index contributed by atoms with van der Waals surface area (Å²) in [5.74, 6) is 0.0163. The van der Waals surface area contributed by atoms with Crippen LogP contribution in [0.15, 0.2) is 18.2 Å². The van der Waals surface area contributed by atoms with Crippen molar-refractivity contribution in [3.63, 3.8) is 0 Å². The second-order valence-electron chi connectivity index (χ2n) is 4.97. The second-order valence-corrected chi connectivity index (χ2v) is 5.81. The van der Waals surface area contributed by atoms with Crippen molar-refractivity contribution in [1.29, 1.82) is 0 Å². The molecule has 0 radical (unpaired) electrons. The number of carbonyl (C=O) groups excluding carboxylic acids is 1. The van der Waals surface area contributed by atoms with Crippen LogP contribution in [0.3, 0.4) is 0 Å². The molecular weight excluding hydrogens is 285 g/mol. The van der Waals surface area contributed by atoms with Gasteiger partial charge in [0.2, 0.25) is 0 Å². The third-order valence-electron chi connectivity index (χ3n) is 3.32. The van der Waals surface area contributed by atoms with Gasteiger partial charge in [-0.2, -0.15) is 0 Å². The van der Waals surface area contributed by atoms with Crippen LogP contribution < -0.4 is 0 Å². The molecule has 1 aromatic rings. The molecule has 2 rings (SSSR count). The van der Waals surface area contributed by atoms with E-state index in [9.17, 15) is 4.79 Å². The van der Waals surface area contributed by atoms with E-state index in [1.54, 1.807) is 18.2 Å². The van der Waals surface area contributed by atoms with Crippen molar-refractivity contribution in [3.8, 4) is 0 Å². The number of halogens is 2. The number of hydrogen-bond donors (Lipinski definition) is 0. The molecule has 1 aliphatic rings. The fourth-order valence-corrected chi connectivity index (χ4v) is 2.69. The van der Waals surface area contributed by atoms with Crippen LogP contribution in [-0.4, -0.2) is 42.5 Å². The van der Waals surface area contributed by atoms with E-state index in [4.69, 9.17) is 27.9 Å². The van der Waals surface area contributed by atoms with Gasteiger partial charge < -0.3 is 4.74 Å². The molecule has 0 aromatic heterocycles. The summed E-state index contributed by atoms with van der Waals surface area (Å²) in [5.41, 5.74) is 0.525. The first-order valence-electron chi connectivity index (χ1n) is 6.31. The molecular formula is C14H17Cl2NO2. The highest BCUT2D eigenvalue weighted by Gasteiger charge is 2.26. The second kappa shape index (κ2) is 6.23. The van der Waals surface area contributed by atoms with Gasteiger partial charge in [0.1, 0.15) is 0 Å². The molecule has 1 fully saturated rings. The standard InChI is InChI=1S/C14H17Cl2NO2/c1-9-8-19-10(2)6-17(9)7-14(18)12-4-3-11(15)5-13(12)16/h3-5,9-10H,6-8H2,1-2H3. The first-order valence-corrected chi connectivity index (χ1v) is 7.07. The van der Waals surface area contributed by atoms with Crippen molar-refractivity contribution in [2.24, 2.45) is 0 Å². The van der Waals surface area contributed by atoms with E-state index in [1.807, 2.05) is 6.92 Å². The first kappa shape index (κ1) is 14.8. The van der Waals surface area contributed by atoms with Crippen molar-refractivity contribution >= 4 is 29.0 Å². The lowest BCUT2D eigenvalue weighted by Gasteiger charge is -2.36. The summed E-state index contributed by atoms with van der Waals surface area (Å²) in [6.07, 6.45) is 0.157. The minimum Gasteiger partial charge on any atom is -0.376 e. The monoisotopic (exact) mass is 301 g/mol. The Balaban J connectivity index is 2.07. The molecule has 2 atom stereocenters. The van der Waals surface area contributed by atoms with E-state index in [2.05, 4.69) is 11.8 Å². The lowest BCUT2D eigenvalue weighted by Crippen LogP contribution is -2.49. The molecule has 1 aliphatic heterocycles. The molecule has 0 saturated carbocycles. The van der Waals surface area contributed by atoms with E-state index in [0.717, 1.165) is 6.54 Å². The van der Waals surface area contributed by atoms with Crippen molar-refractivity contribution < 1.29 is 9.53 Å². The predicted molar refractivity (Wildman–Crippen MR) is 77.2 cm³/mol. The normalized spacial score (nSPS) is 24.4. The van der Waals surface area contributed by atoms with Gasteiger partial charge in [0, 0.05) is 23.2 Å². The average molecular weight is 302 g/mol. The average Bonchev–Trinajstić information content (AvgIpc) is 2.33. The lowest BCUT2D eigenvalue weighted by atomic mass is 10.1. The van der Waals surface area contributed by atoms with Crippen LogP contribution in [-0.2, 0) is 4.74 Å². The Morgan fingerprint density at radius 2 is 2.16 bits per heavy atom. The van der Waals surface area contributed by atoms with Crippen LogP contribution in [0.1, 0.15) is 24.2 Å². The zero-order valence-electron chi connectivity index (χ0n) is 11.0. The smallest absolute Gasteiger partial charge is 0.178 e. The topological polar surface area (TPSA) is 29.5 Å². The summed E-state index contributed by atoms with van der Waals surface area (Å²) in [4.78, 5) is 14.4. The summed E-state index contributed by atoms with van der Waals surface area (Å²) in [6, 6.07) is 5.21. The van der Waals surface area contributed by atoms with Crippen molar-refractivity contribution in [2.45, 2.75) is 26.0 Å². The fourth-order valence-electron chi connectivity index (χ4n) is 2.18. The van der Waals surface area contributed by atoms with Gasteiger partial charge in [-0.25, -0.2) is 0 Å². The zero-order chi connectivity index (χ0) is 14.0. The number of Topliss-reactive ketones (excluding diaryl/α,β-unsaturated/α-hetero) is 1. The van der Waals surface area contributed by atoms with Crippen LogP contribution in [0.2, 0.25) is 10.0 Å². The molecule has 2 unspecified atom stereocenters. The lowest BCUT2D eigenvalue weighted by molar-refractivity contribution is -0.0460. The number of benzene rings is 1. The molecule has 1 saturated heterocycles. The maximum atomic E-state index is 12.3. The van der Waals surface area contributed by atoms with Gasteiger partial charge in [-0.1, -0.05) is 23.2 Å². The Hall–Kier alpha value is -0.610. The van der Waals surface area contributed by atoms with Crippen molar-refractivity contribution in [3.05, 3.63) is 33.8 Å². The van der Waals surface area contributed by atoms with Gasteiger partial charge in [-0.05, 0) is 32.0 Å². The molecule has 104 valence electrons. The van der Waals surface area contributed by atoms with E-state index in [0.29, 0.717) is 28.8 Å². The van der Waals surface area contributed by atoms with Gasteiger partial charge in [0.15, 0.2) is 5.78 Å². The van der Waals surface area contributed by atoms with Crippen LogP contribution in [0.5, 0.6) is 0 Å². The highest BCUT2D eigenvalue weighted by atomic mass is 35.5. The Kier molecular flexibility index (Phi) is 4.85. The minimum absolute atomic E-state index is 0.0163. The van der Waals surface area contributed by atoms with E-state index in [1.165, 1.54) is 0 Å². The minimum atomic E-state index is 0.0163. The largest absolute Gasteiger partial charge is 0.376 e. The van der Waals surface area contributed by atoms with Crippen LogP contribution in [0.4, 0.5) is 0 Å². The van der Waals surface area contributed by atoms with Gasteiger partial charge >= 0.3 is 0 Å². The molecule has 0 bridgehead atoms. The summed E-state index contributed by atoms with van der Waals surface area (Å²) in [6.45, 7) is 5.85. The number of rotatable bonds is 3. The Morgan fingerprint density at radius 1 is 1.42 bits per heavy atom. The summed E-state index contributed by atoms with van der Waals surface area (Å²) < 4.78 is 5.55. The van der Waals surface area contributed by atoms with E-state index in [-0.39, 0.29) is 17.9 Å². The Morgan fingerprint density at radius 3 is 2.84 bits per heavy atom. The molecule has 19 heavy (non-hydrogen) atoms. The molecule has 0 amide bonds. The Bertz CT molecular complexity index is 479. The van der Waals surface area contributed by atoms with E-state index >= 15 is 0 Å². The number of hydrogen-bond acceptors (Lipinski definition) is 3. The Labute approximate surface area is 123 Å². The number of ether oxygens (including phenoxy) is 1. The summed E-state index contributed by atoms with van der Waals surface area (Å²) in [7, 11) is 0. The third kappa shape index (κ3) is 3.69. The molecule has 3 nitrogen and oxygen atoms in total. The van der Waals surface area contributed by atoms with Crippen LogP contribution >= 0.6 is 23.2 Å². The van der Waals surface area contributed by atoms with Gasteiger partial charge in [0.05, 0.1) is 24.3 Å². The SMILES string of the molecule is CC1CN(CC(=O)c2ccc(Cl)cc2Cl)C(C)CO1. The number of nitrogens with zero attached hydrogens (tertiary/aromatic N) is 1. The highest BCUT2D eigenvalue weighted by Crippen LogP contribution is 2.22. The van der Waals surface area contributed by atoms with Gasteiger partial charge in [-0.15, -0.1) is 0 Å². The maximum absolute atomic E-state index is 12.3. The third-order valence-corrected chi connectivity index (χ3v) is 3.86. The molecule has 0 aliphatic carbocycles. The highest BCUT2D eigenvalue weighted by molar-refractivity contribution is 6.36. The number of morpholine rings is 1. The predicted octanol–water partition coefficient (Wildman–Crippen LogP) is 3.29. The van der Waals surface area contributed by atoms with Crippen molar-refractivity contribution in [1.82, 2.24) is 4.90 Å². The zero-order valence-corrected chi connectivity index (χ0v) is 12.5. The summed E-state index contributed by atoms with van der Waals surface area (Å²) >= 11 is 11.9. The molecule has 1 heterocycles. The maximum Gasteiger partial charge on any atom is 0.178 e. The molecule has 0 N–H and O–H groups in total. The molecule has 1 aromatic carbocycles. The van der Waals surface area contributed by atoms with Gasteiger partial charge in [0.25, 0.3) is 0 Å². The molecule has 5 heteroatoms. The molecule has 0 spiro atoms. The number of ketones is 1. The summed E-state index contributed by atoms with van der Waals surface area (Å²) in [5, 5.41) is 0.946. The van der Waals surface area contributed by atoms with Crippen LogP contribution in [0, 0.1) is 0 Å². The van der Waals surface area contributed by atoms with Crippen LogP contribution in [0.25, 0.3) is 0 Å². The fraction of sp³-hybridized carbons (Fsp3) is 0.500. The van der Waals surface area contributed by atoms with Gasteiger partial charge in [-0.3, -0.25) is 9.69 Å².